The fourth-order valence-electron chi connectivity index (χ4n) is 1.50. The minimum absolute atomic E-state index is 0.254. The van der Waals surface area contributed by atoms with Gasteiger partial charge in [0.1, 0.15) is 12.4 Å². The van der Waals surface area contributed by atoms with E-state index in [1.807, 2.05) is 12.1 Å². The summed E-state index contributed by atoms with van der Waals surface area (Å²) in [5.41, 5.74) is 2.31. The maximum absolute atomic E-state index is 6.01. The van der Waals surface area contributed by atoms with Gasteiger partial charge in [0.2, 0.25) is 0 Å². The first-order chi connectivity index (χ1) is 9.02. The monoisotopic (exact) mass is 321 g/mol. The van der Waals surface area contributed by atoms with Gasteiger partial charge in [-0.1, -0.05) is 48.7 Å². The molecule has 1 aromatic carbocycles. The van der Waals surface area contributed by atoms with E-state index in [-0.39, 0.29) is 6.61 Å². The molecular formula is C14H18Cl3NO. The van der Waals surface area contributed by atoms with Gasteiger partial charge in [0.15, 0.2) is 0 Å². The van der Waals surface area contributed by atoms with Gasteiger partial charge in [-0.25, -0.2) is 0 Å². The molecule has 0 amide bonds. The Kier molecular flexibility index (Phi) is 7.62. The van der Waals surface area contributed by atoms with Crippen LogP contribution < -0.4 is 10.1 Å². The molecule has 0 atom stereocenters. The Bertz CT molecular complexity index is 433. The number of ether oxygens (including phenoxy) is 1. The summed E-state index contributed by atoms with van der Waals surface area (Å²) >= 11 is 17.3. The zero-order valence-corrected chi connectivity index (χ0v) is 13.3. The minimum atomic E-state index is 0.254. The lowest BCUT2D eigenvalue weighted by Gasteiger charge is -2.13. The molecular weight excluding hydrogens is 305 g/mol. The van der Waals surface area contributed by atoms with Crippen molar-refractivity contribution >= 4 is 34.8 Å². The number of halogens is 3. The molecule has 1 aromatic rings. The molecule has 0 radical (unpaired) electrons. The van der Waals surface area contributed by atoms with Crippen LogP contribution in [-0.2, 0) is 6.54 Å². The van der Waals surface area contributed by atoms with Crippen molar-refractivity contribution in [2.45, 2.75) is 20.4 Å². The number of hydrogen-bond donors (Lipinski definition) is 1. The molecule has 106 valence electrons. The summed E-state index contributed by atoms with van der Waals surface area (Å²) in [5, 5.41) is 4.50. The largest absolute Gasteiger partial charge is 0.488 e. The second kappa shape index (κ2) is 8.70. The van der Waals surface area contributed by atoms with Crippen LogP contribution in [0, 0.1) is 5.92 Å². The second-order valence-corrected chi connectivity index (χ2v) is 5.76. The zero-order chi connectivity index (χ0) is 14.3. The highest BCUT2D eigenvalue weighted by Crippen LogP contribution is 2.23. The molecule has 0 aromatic heterocycles. The van der Waals surface area contributed by atoms with Gasteiger partial charge in [0, 0.05) is 22.7 Å². The van der Waals surface area contributed by atoms with E-state index in [9.17, 15) is 0 Å². The van der Waals surface area contributed by atoms with Crippen LogP contribution in [0.1, 0.15) is 19.4 Å². The van der Waals surface area contributed by atoms with Crippen molar-refractivity contribution in [3.63, 3.8) is 0 Å². The first-order valence-electron chi connectivity index (χ1n) is 6.09. The molecule has 0 bridgehead atoms. The normalized spacial score (nSPS) is 12.0. The van der Waals surface area contributed by atoms with Gasteiger partial charge in [-0.15, -0.1) is 0 Å². The third-order valence-electron chi connectivity index (χ3n) is 2.37. The standard InChI is InChI=1S/C14H18Cl3NO/c1-10(2)7-18-8-11-5-12(16)3-4-14(11)19-9-13(17)6-15/h3-6,10,18H,7-9H2,1-2H3. The Morgan fingerprint density at radius 2 is 2.16 bits per heavy atom. The molecule has 0 aliphatic heterocycles. The second-order valence-electron chi connectivity index (χ2n) is 4.62. The summed E-state index contributed by atoms with van der Waals surface area (Å²) in [6.07, 6.45) is 0. The molecule has 0 aliphatic rings. The highest BCUT2D eigenvalue weighted by Gasteiger charge is 2.06. The average Bonchev–Trinajstić information content (AvgIpc) is 2.37. The van der Waals surface area contributed by atoms with Crippen LogP contribution in [0.4, 0.5) is 0 Å². The van der Waals surface area contributed by atoms with E-state index in [4.69, 9.17) is 39.5 Å². The van der Waals surface area contributed by atoms with Gasteiger partial charge >= 0.3 is 0 Å². The topological polar surface area (TPSA) is 21.3 Å². The van der Waals surface area contributed by atoms with Gasteiger partial charge in [-0.3, -0.25) is 0 Å². The third kappa shape index (κ3) is 6.53. The highest BCUT2D eigenvalue weighted by molar-refractivity contribution is 6.36. The van der Waals surface area contributed by atoms with Crippen molar-refractivity contribution in [1.82, 2.24) is 5.32 Å². The maximum Gasteiger partial charge on any atom is 0.125 e. The summed E-state index contributed by atoms with van der Waals surface area (Å²) in [6.45, 7) is 6.22. The molecule has 0 heterocycles. The predicted octanol–water partition coefficient (Wildman–Crippen LogP) is 4.78. The lowest BCUT2D eigenvalue weighted by atomic mass is 10.2. The molecule has 0 aliphatic carbocycles. The fourth-order valence-corrected chi connectivity index (χ4v) is 1.81. The lowest BCUT2D eigenvalue weighted by molar-refractivity contribution is 0.353. The van der Waals surface area contributed by atoms with Crippen molar-refractivity contribution in [3.05, 3.63) is 39.4 Å². The molecule has 0 unspecified atom stereocenters. The van der Waals surface area contributed by atoms with E-state index < -0.39 is 0 Å². The van der Waals surface area contributed by atoms with Gasteiger partial charge in [-0.2, -0.15) is 0 Å². The first-order valence-corrected chi connectivity index (χ1v) is 7.29. The van der Waals surface area contributed by atoms with Crippen LogP contribution >= 0.6 is 34.8 Å². The van der Waals surface area contributed by atoms with Gasteiger partial charge < -0.3 is 10.1 Å². The van der Waals surface area contributed by atoms with Crippen LogP contribution in [-0.4, -0.2) is 13.2 Å². The third-order valence-corrected chi connectivity index (χ3v) is 3.20. The molecule has 2 nitrogen and oxygen atoms in total. The van der Waals surface area contributed by atoms with E-state index in [1.165, 1.54) is 5.54 Å². The van der Waals surface area contributed by atoms with Crippen LogP contribution in [0.15, 0.2) is 28.8 Å². The average molecular weight is 323 g/mol. The molecule has 19 heavy (non-hydrogen) atoms. The summed E-state index contributed by atoms with van der Waals surface area (Å²) in [5.74, 6) is 1.36. The molecule has 1 rings (SSSR count). The Balaban J connectivity index is 2.68. The van der Waals surface area contributed by atoms with Crippen LogP contribution in [0.5, 0.6) is 5.75 Å². The molecule has 0 spiro atoms. The quantitative estimate of drug-likeness (QED) is 0.779. The van der Waals surface area contributed by atoms with E-state index in [2.05, 4.69) is 19.2 Å². The van der Waals surface area contributed by atoms with Crippen LogP contribution in [0.3, 0.4) is 0 Å². The predicted molar refractivity (Wildman–Crippen MR) is 83.3 cm³/mol. The first kappa shape index (κ1) is 16.6. The summed E-state index contributed by atoms with van der Waals surface area (Å²) in [4.78, 5) is 0. The van der Waals surface area contributed by atoms with E-state index in [0.717, 1.165) is 17.9 Å². The Hall–Kier alpha value is -0.410. The fraction of sp³-hybridized carbons (Fsp3) is 0.429. The molecule has 5 heteroatoms. The van der Waals surface area contributed by atoms with Crippen molar-refractivity contribution < 1.29 is 4.74 Å². The summed E-state index contributed by atoms with van der Waals surface area (Å²) in [6, 6.07) is 5.52. The van der Waals surface area contributed by atoms with Gasteiger partial charge in [0.25, 0.3) is 0 Å². The van der Waals surface area contributed by atoms with Crippen molar-refractivity contribution in [2.75, 3.05) is 13.2 Å². The minimum Gasteiger partial charge on any atom is -0.488 e. The van der Waals surface area contributed by atoms with Gasteiger partial charge in [-0.05, 0) is 30.7 Å². The summed E-state index contributed by atoms with van der Waals surface area (Å²) in [7, 11) is 0. The molecule has 0 saturated heterocycles. The van der Waals surface area contributed by atoms with E-state index in [0.29, 0.717) is 22.5 Å². The van der Waals surface area contributed by atoms with E-state index in [1.54, 1.807) is 6.07 Å². The Morgan fingerprint density at radius 1 is 1.42 bits per heavy atom. The van der Waals surface area contributed by atoms with Crippen molar-refractivity contribution in [3.8, 4) is 5.75 Å². The number of nitrogens with one attached hydrogen (secondary N) is 1. The highest BCUT2D eigenvalue weighted by atomic mass is 35.5. The summed E-state index contributed by atoms with van der Waals surface area (Å²) < 4.78 is 5.62. The Morgan fingerprint density at radius 3 is 2.79 bits per heavy atom. The maximum atomic E-state index is 6.01. The lowest BCUT2D eigenvalue weighted by Crippen LogP contribution is -2.19. The van der Waals surface area contributed by atoms with Crippen LogP contribution in [0.2, 0.25) is 5.02 Å². The Labute approximate surface area is 129 Å². The molecule has 1 N–H and O–H groups in total. The molecule has 0 fully saturated rings. The van der Waals surface area contributed by atoms with Crippen molar-refractivity contribution in [1.29, 1.82) is 0 Å². The van der Waals surface area contributed by atoms with Gasteiger partial charge in [0.05, 0.1) is 5.03 Å². The smallest absolute Gasteiger partial charge is 0.125 e. The SMILES string of the molecule is CC(C)CNCc1cc(Cl)ccc1OCC(Cl)=CCl. The van der Waals surface area contributed by atoms with Crippen molar-refractivity contribution in [2.24, 2.45) is 5.92 Å². The van der Waals surface area contributed by atoms with Crippen LogP contribution in [0.25, 0.3) is 0 Å². The van der Waals surface area contributed by atoms with E-state index >= 15 is 0 Å². The number of benzene rings is 1. The molecule has 0 saturated carbocycles. The number of hydrogen-bond acceptors (Lipinski definition) is 2. The zero-order valence-electron chi connectivity index (χ0n) is 11.1. The number of rotatable bonds is 7.